The number of fused-ring (bicyclic) bond motifs is 6. The Morgan fingerprint density at radius 3 is 2.75 bits per heavy atom. The molecule has 2 aliphatic heterocycles. The van der Waals surface area contributed by atoms with Crippen LogP contribution in [-0.2, 0) is 13.0 Å². The number of hydrogen-bond donors (Lipinski definition) is 2. The fourth-order valence-corrected chi connectivity index (χ4v) is 7.27. The lowest BCUT2D eigenvalue weighted by Gasteiger charge is -2.26. The minimum atomic E-state index is -0.645. The number of rotatable bonds is 5. The summed E-state index contributed by atoms with van der Waals surface area (Å²) in [5.41, 5.74) is 8.69. The first-order valence-corrected chi connectivity index (χ1v) is 15.6. The van der Waals surface area contributed by atoms with Crippen molar-refractivity contribution >= 4 is 28.2 Å². The maximum atomic E-state index is 13.9. The molecule has 1 aliphatic carbocycles. The molecule has 5 aromatic rings. The summed E-state index contributed by atoms with van der Waals surface area (Å²) in [7, 11) is 0. The van der Waals surface area contributed by atoms with Crippen LogP contribution in [0.2, 0.25) is 0 Å². The van der Waals surface area contributed by atoms with Gasteiger partial charge in [0.15, 0.2) is 0 Å². The number of H-pyrrole nitrogens is 1. The van der Waals surface area contributed by atoms with E-state index in [-0.39, 0.29) is 5.91 Å². The molecular formula is C35H35N7O2. The van der Waals surface area contributed by atoms with E-state index in [9.17, 15) is 4.79 Å². The Hall–Kier alpha value is -4.79. The molecule has 0 saturated heterocycles. The van der Waals surface area contributed by atoms with Crippen molar-refractivity contribution in [2.24, 2.45) is 4.99 Å². The smallest absolute Gasteiger partial charge is 0.252 e. The van der Waals surface area contributed by atoms with Gasteiger partial charge in [0.25, 0.3) is 5.91 Å². The van der Waals surface area contributed by atoms with Gasteiger partial charge >= 0.3 is 0 Å². The number of benzene rings is 3. The predicted molar refractivity (Wildman–Crippen MR) is 171 cm³/mol. The lowest BCUT2D eigenvalue weighted by atomic mass is 9.81. The van der Waals surface area contributed by atoms with Crippen molar-refractivity contribution in [2.75, 3.05) is 6.61 Å². The number of aliphatic imine (C=N–C) groups is 1. The molecular weight excluding hydrogens is 550 g/mol. The van der Waals surface area contributed by atoms with Crippen molar-refractivity contribution in [3.8, 4) is 28.4 Å². The van der Waals surface area contributed by atoms with E-state index < -0.39 is 5.54 Å². The van der Waals surface area contributed by atoms with E-state index in [0.717, 1.165) is 45.9 Å². The molecule has 9 nitrogen and oxygen atoms in total. The Morgan fingerprint density at radius 2 is 1.91 bits per heavy atom. The fourth-order valence-electron chi connectivity index (χ4n) is 7.27. The summed E-state index contributed by atoms with van der Waals surface area (Å²) < 4.78 is 8.61. The van der Waals surface area contributed by atoms with Crippen LogP contribution in [0.25, 0.3) is 33.5 Å². The Kier molecular flexibility index (Phi) is 6.36. The number of ether oxygens (including phenoxy) is 1. The Bertz CT molecular complexity index is 1930. The van der Waals surface area contributed by atoms with E-state index in [4.69, 9.17) is 9.73 Å². The minimum absolute atomic E-state index is 0.108. The zero-order chi connectivity index (χ0) is 29.8. The van der Waals surface area contributed by atoms with Gasteiger partial charge in [0.2, 0.25) is 5.82 Å². The molecule has 1 fully saturated rings. The highest BCUT2D eigenvalue weighted by Crippen LogP contribution is 2.47. The largest absolute Gasteiger partial charge is 0.491 e. The summed E-state index contributed by atoms with van der Waals surface area (Å²) in [5.74, 6) is 1.87. The monoisotopic (exact) mass is 585 g/mol. The maximum Gasteiger partial charge on any atom is 0.252 e. The number of hydrogen-bond acceptors (Lipinski definition) is 6. The molecule has 0 atom stereocenters. The summed E-state index contributed by atoms with van der Waals surface area (Å²) in [6.07, 6.45) is 6.90. The van der Waals surface area contributed by atoms with E-state index in [2.05, 4.69) is 60.8 Å². The van der Waals surface area contributed by atoms with Crippen LogP contribution in [0.5, 0.6) is 5.75 Å². The van der Waals surface area contributed by atoms with Gasteiger partial charge in [0.1, 0.15) is 12.4 Å². The predicted octanol–water partition coefficient (Wildman–Crippen LogP) is 6.77. The summed E-state index contributed by atoms with van der Waals surface area (Å²) in [6.45, 7) is 5.38. The average molecular weight is 586 g/mol. The lowest BCUT2D eigenvalue weighted by molar-refractivity contribution is 0.0931. The molecule has 4 heterocycles. The molecule has 3 aromatic carbocycles. The molecule has 1 amide bonds. The van der Waals surface area contributed by atoms with Gasteiger partial charge in [0.05, 0.1) is 23.5 Å². The number of aromatic amines is 1. The normalized spacial score (nSPS) is 16.5. The van der Waals surface area contributed by atoms with E-state index >= 15 is 0 Å². The minimum Gasteiger partial charge on any atom is -0.491 e. The van der Waals surface area contributed by atoms with E-state index in [0.29, 0.717) is 30.3 Å². The molecule has 0 unspecified atom stereocenters. The van der Waals surface area contributed by atoms with Gasteiger partial charge in [-0.2, -0.15) is 5.21 Å². The lowest BCUT2D eigenvalue weighted by Crippen LogP contribution is -2.49. The highest BCUT2D eigenvalue weighted by molar-refractivity contribution is 6.06. The topological polar surface area (TPSA) is 110 Å². The standard InChI is InChI=1S/C35H35N7O2/c1-35(2,30-20-22-12-13-23(18-27(22)36-30)33-38-40-41-39-33)37-34(43)24-14-15-25-28(19-24)42-16-17-44-29-11-7-6-10-26(29)32(42)31(25)21-8-4-3-5-9-21/h6-7,10-15,18-19,21H,3-5,8-9,16-17,20H2,1-2H3,(H,37,43)(H,38,39,40,41). The Labute approximate surface area is 255 Å². The van der Waals surface area contributed by atoms with Crippen LogP contribution in [0.15, 0.2) is 65.7 Å². The quantitative estimate of drug-likeness (QED) is 0.237. The number of carbonyl (C=O) groups excluding carboxylic acids is 1. The zero-order valence-electron chi connectivity index (χ0n) is 25.1. The van der Waals surface area contributed by atoms with Crippen molar-refractivity contribution in [2.45, 2.75) is 70.4 Å². The summed E-state index contributed by atoms with van der Waals surface area (Å²) >= 11 is 0. The molecule has 0 radical (unpaired) electrons. The van der Waals surface area contributed by atoms with Crippen molar-refractivity contribution in [1.82, 2.24) is 30.5 Å². The Balaban J connectivity index is 1.13. The van der Waals surface area contributed by atoms with Crippen molar-refractivity contribution in [3.63, 3.8) is 0 Å². The van der Waals surface area contributed by atoms with Crippen LogP contribution < -0.4 is 10.1 Å². The molecule has 0 bridgehead atoms. The number of aromatic nitrogens is 5. The third-order valence-corrected chi connectivity index (χ3v) is 9.54. The summed E-state index contributed by atoms with van der Waals surface area (Å²) in [4.78, 5) is 18.8. The van der Waals surface area contributed by atoms with Crippen molar-refractivity contribution < 1.29 is 9.53 Å². The average Bonchev–Trinajstić information content (AvgIpc) is 3.77. The Morgan fingerprint density at radius 1 is 1.05 bits per heavy atom. The SMILES string of the molecule is CC(C)(NC(=O)c1ccc2c(C3CCCCC3)c3n(c2c1)CCOc1ccccc1-3)C1=Nc2cc(-c3nn[nH]n3)ccc2C1. The fraction of sp³-hybridized carbons (Fsp3) is 0.343. The van der Waals surface area contributed by atoms with E-state index in [1.165, 1.54) is 48.7 Å². The molecule has 222 valence electrons. The number of amides is 1. The van der Waals surface area contributed by atoms with Gasteiger partial charge in [-0.05, 0) is 79.3 Å². The number of tetrazole rings is 1. The van der Waals surface area contributed by atoms with Gasteiger partial charge in [-0.25, -0.2) is 0 Å². The number of carbonyl (C=O) groups is 1. The molecule has 9 heteroatoms. The number of nitrogens with zero attached hydrogens (tertiary/aromatic N) is 5. The number of para-hydroxylation sites is 1. The first-order chi connectivity index (χ1) is 21.5. The first kappa shape index (κ1) is 26.8. The molecule has 1 saturated carbocycles. The van der Waals surface area contributed by atoms with Crippen LogP contribution in [0.3, 0.4) is 0 Å². The van der Waals surface area contributed by atoms with E-state index in [1.807, 2.05) is 44.2 Å². The second-order valence-corrected chi connectivity index (χ2v) is 12.7. The second-order valence-electron chi connectivity index (χ2n) is 12.7. The van der Waals surface area contributed by atoms with E-state index in [1.54, 1.807) is 0 Å². The molecule has 8 rings (SSSR count). The van der Waals surface area contributed by atoms with Gasteiger partial charge < -0.3 is 14.6 Å². The highest BCUT2D eigenvalue weighted by atomic mass is 16.5. The van der Waals surface area contributed by atoms with Crippen molar-refractivity contribution in [1.29, 1.82) is 0 Å². The first-order valence-electron chi connectivity index (χ1n) is 15.6. The number of nitrogens with one attached hydrogen (secondary N) is 2. The molecule has 44 heavy (non-hydrogen) atoms. The third kappa shape index (κ3) is 4.49. The van der Waals surface area contributed by atoms with Crippen LogP contribution in [0.4, 0.5) is 5.69 Å². The van der Waals surface area contributed by atoms with Crippen LogP contribution in [-0.4, -0.2) is 49.0 Å². The van der Waals surface area contributed by atoms with Gasteiger partial charge in [-0.3, -0.25) is 9.79 Å². The molecule has 2 aromatic heterocycles. The van der Waals surface area contributed by atoms with Gasteiger partial charge in [0, 0.05) is 39.7 Å². The van der Waals surface area contributed by atoms with Crippen LogP contribution in [0.1, 0.15) is 73.4 Å². The summed E-state index contributed by atoms with van der Waals surface area (Å²) in [5, 5.41) is 18.9. The van der Waals surface area contributed by atoms with Crippen LogP contribution >= 0.6 is 0 Å². The second kappa shape index (κ2) is 10.4. The molecule has 2 N–H and O–H groups in total. The highest BCUT2D eigenvalue weighted by Gasteiger charge is 2.33. The van der Waals surface area contributed by atoms with Crippen LogP contribution in [0, 0.1) is 0 Å². The van der Waals surface area contributed by atoms with Crippen molar-refractivity contribution in [3.05, 3.63) is 77.4 Å². The van der Waals surface area contributed by atoms with Gasteiger partial charge in [-0.1, -0.05) is 49.6 Å². The third-order valence-electron chi connectivity index (χ3n) is 9.54. The van der Waals surface area contributed by atoms with Gasteiger partial charge in [-0.15, -0.1) is 10.2 Å². The zero-order valence-corrected chi connectivity index (χ0v) is 25.1. The molecule has 3 aliphatic rings. The maximum absolute atomic E-state index is 13.9. The summed E-state index contributed by atoms with van der Waals surface area (Å²) in [6, 6.07) is 20.6. The molecule has 0 spiro atoms.